The fraction of sp³-hybridized carbons (Fsp3) is 0.250. The van der Waals surface area contributed by atoms with Crippen molar-refractivity contribution in [2.45, 2.75) is 31.7 Å². The molecule has 0 aliphatic carbocycles. The molecule has 1 saturated heterocycles. The number of likely N-dealkylation sites (tertiary alicyclic amines) is 1. The highest BCUT2D eigenvalue weighted by Crippen LogP contribution is 2.31. The molecule has 1 aliphatic heterocycles. The van der Waals surface area contributed by atoms with Gasteiger partial charge in [-0.05, 0) is 42.9 Å². The SMILES string of the molecule is C=CC=C(C=C)CC1CCCCN1C(=O)n1cc(-c2ccc(-c3ccccc3OC)cc2)nn1. The summed E-state index contributed by atoms with van der Waals surface area (Å²) in [5, 5.41) is 8.42. The average Bonchev–Trinajstić information content (AvgIpc) is 3.39. The summed E-state index contributed by atoms with van der Waals surface area (Å²) in [6.07, 6.45) is 11.1. The van der Waals surface area contributed by atoms with Crippen molar-refractivity contribution in [1.29, 1.82) is 0 Å². The summed E-state index contributed by atoms with van der Waals surface area (Å²) in [5.74, 6) is 0.824. The largest absolute Gasteiger partial charge is 0.496 e. The number of hydrogen-bond donors (Lipinski definition) is 0. The van der Waals surface area contributed by atoms with Gasteiger partial charge in [-0.15, -0.1) is 5.10 Å². The zero-order valence-corrected chi connectivity index (χ0v) is 19.6. The fourth-order valence-corrected chi connectivity index (χ4v) is 4.43. The van der Waals surface area contributed by atoms with Gasteiger partial charge in [-0.1, -0.05) is 79.1 Å². The van der Waals surface area contributed by atoms with Gasteiger partial charge in [0.2, 0.25) is 0 Å². The van der Waals surface area contributed by atoms with E-state index in [0.717, 1.165) is 53.7 Å². The van der Waals surface area contributed by atoms with Crippen molar-refractivity contribution in [1.82, 2.24) is 19.9 Å². The number of aromatic nitrogens is 3. The molecule has 4 rings (SSSR count). The van der Waals surface area contributed by atoms with E-state index in [1.165, 1.54) is 4.68 Å². The van der Waals surface area contributed by atoms with Crippen LogP contribution in [0.1, 0.15) is 25.7 Å². The van der Waals surface area contributed by atoms with Crippen molar-refractivity contribution in [2.75, 3.05) is 13.7 Å². The van der Waals surface area contributed by atoms with E-state index in [-0.39, 0.29) is 12.1 Å². The topological polar surface area (TPSA) is 60.2 Å². The first-order chi connectivity index (χ1) is 16.6. The van der Waals surface area contributed by atoms with Gasteiger partial charge in [0, 0.05) is 23.7 Å². The summed E-state index contributed by atoms with van der Waals surface area (Å²) in [5.41, 5.74) is 4.71. The Labute approximate surface area is 200 Å². The minimum absolute atomic E-state index is 0.109. The number of methoxy groups -OCH3 is 1. The predicted molar refractivity (Wildman–Crippen MR) is 136 cm³/mol. The molecule has 3 aromatic rings. The van der Waals surface area contributed by atoms with Crippen LogP contribution < -0.4 is 4.74 Å². The fourth-order valence-electron chi connectivity index (χ4n) is 4.43. The average molecular weight is 455 g/mol. The number of carbonyl (C=O) groups is 1. The van der Waals surface area contributed by atoms with Gasteiger partial charge in [-0.2, -0.15) is 4.68 Å². The second kappa shape index (κ2) is 10.8. The molecular formula is C28H30N4O2. The number of hydrogen-bond acceptors (Lipinski definition) is 4. The van der Waals surface area contributed by atoms with Crippen LogP contribution in [0.5, 0.6) is 5.75 Å². The Bertz CT molecular complexity index is 1190. The number of benzene rings is 2. The summed E-state index contributed by atoms with van der Waals surface area (Å²) in [7, 11) is 1.67. The minimum Gasteiger partial charge on any atom is -0.496 e. The Morgan fingerprint density at radius 2 is 1.88 bits per heavy atom. The lowest BCUT2D eigenvalue weighted by molar-refractivity contribution is 0.149. The Hall–Kier alpha value is -3.93. The van der Waals surface area contributed by atoms with Crippen LogP contribution in [-0.2, 0) is 0 Å². The molecule has 1 atom stereocenters. The molecule has 1 aromatic heterocycles. The lowest BCUT2D eigenvalue weighted by Crippen LogP contribution is -2.46. The Morgan fingerprint density at radius 3 is 2.62 bits per heavy atom. The maximum atomic E-state index is 13.3. The van der Waals surface area contributed by atoms with E-state index in [2.05, 4.69) is 23.5 Å². The maximum absolute atomic E-state index is 13.3. The number of piperidine rings is 1. The van der Waals surface area contributed by atoms with Crippen LogP contribution in [0.4, 0.5) is 4.79 Å². The molecule has 1 fully saturated rings. The molecule has 0 spiro atoms. The zero-order chi connectivity index (χ0) is 23.9. The monoisotopic (exact) mass is 454 g/mol. The third kappa shape index (κ3) is 5.01. The van der Waals surface area contributed by atoms with Gasteiger partial charge < -0.3 is 9.64 Å². The second-order valence-corrected chi connectivity index (χ2v) is 8.34. The molecule has 2 aromatic carbocycles. The molecule has 0 saturated carbocycles. The van der Waals surface area contributed by atoms with Gasteiger partial charge in [0.05, 0.1) is 13.3 Å². The molecule has 2 heterocycles. The van der Waals surface area contributed by atoms with Crippen molar-refractivity contribution < 1.29 is 9.53 Å². The molecule has 0 bridgehead atoms. The van der Waals surface area contributed by atoms with E-state index >= 15 is 0 Å². The lowest BCUT2D eigenvalue weighted by atomic mass is 9.95. The Morgan fingerprint density at radius 1 is 1.12 bits per heavy atom. The molecule has 1 amide bonds. The Kier molecular flexibility index (Phi) is 7.38. The molecule has 6 nitrogen and oxygen atoms in total. The highest BCUT2D eigenvalue weighted by Gasteiger charge is 2.28. The van der Waals surface area contributed by atoms with Crippen LogP contribution in [0.2, 0.25) is 0 Å². The zero-order valence-electron chi connectivity index (χ0n) is 19.6. The summed E-state index contributed by atoms with van der Waals surface area (Å²) in [4.78, 5) is 15.2. The third-order valence-corrected chi connectivity index (χ3v) is 6.23. The number of carbonyl (C=O) groups excluding carboxylic acids is 1. The summed E-state index contributed by atoms with van der Waals surface area (Å²) in [6.45, 7) is 8.38. The van der Waals surface area contributed by atoms with Crippen molar-refractivity contribution in [2.24, 2.45) is 0 Å². The van der Waals surface area contributed by atoms with E-state index in [1.807, 2.05) is 65.6 Å². The number of allylic oxidation sites excluding steroid dienone is 3. The van der Waals surface area contributed by atoms with Crippen molar-refractivity contribution in [3.05, 3.63) is 91.7 Å². The summed E-state index contributed by atoms with van der Waals surface area (Å²) >= 11 is 0. The highest BCUT2D eigenvalue weighted by atomic mass is 16.5. The predicted octanol–water partition coefficient (Wildman–Crippen LogP) is 6.13. The van der Waals surface area contributed by atoms with E-state index in [1.54, 1.807) is 19.4 Å². The van der Waals surface area contributed by atoms with E-state index in [0.29, 0.717) is 12.2 Å². The van der Waals surface area contributed by atoms with Gasteiger partial charge in [0.25, 0.3) is 0 Å². The number of rotatable bonds is 7. The van der Waals surface area contributed by atoms with Gasteiger partial charge in [-0.3, -0.25) is 0 Å². The molecule has 0 radical (unpaired) electrons. The van der Waals surface area contributed by atoms with E-state index < -0.39 is 0 Å². The van der Waals surface area contributed by atoms with Crippen LogP contribution in [0.3, 0.4) is 0 Å². The minimum atomic E-state index is -0.142. The van der Waals surface area contributed by atoms with Gasteiger partial charge in [0.1, 0.15) is 11.4 Å². The lowest BCUT2D eigenvalue weighted by Gasteiger charge is -2.35. The van der Waals surface area contributed by atoms with Crippen molar-refractivity contribution >= 4 is 6.03 Å². The van der Waals surface area contributed by atoms with Crippen LogP contribution in [-0.4, -0.2) is 45.6 Å². The Balaban J connectivity index is 1.52. The van der Waals surface area contributed by atoms with Gasteiger partial charge in [-0.25, -0.2) is 4.79 Å². The third-order valence-electron chi connectivity index (χ3n) is 6.23. The molecular weight excluding hydrogens is 424 g/mol. The molecule has 34 heavy (non-hydrogen) atoms. The normalized spacial score (nSPS) is 16.2. The molecule has 1 aliphatic rings. The highest BCUT2D eigenvalue weighted by molar-refractivity contribution is 5.78. The second-order valence-electron chi connectivity index (χ2n) is 8.34. The molecule has 1 unspecified atom stereocenters. The molecule has 0 N–H and O–H groups in total. The number of amides is 1. The van der Waals surface area contributed by atoms with Crippen LogP contribution in [0.15, 0.2) is 91.7 Å². The molecule has 174 valence electrons. The standard InChI is InChI=1S/C28H30N4O2/c1-4-10-21(5-2)19-24-11-8-9-18-31(24)28(33)32-20-26(29-30-32)23-16-14-22(15-17-23)25-12-6-7-13-27(25)34-3/h4-7,10,12-17,20,24H,1-2,8-9,11,18-19H2,3H3. The summed E-state index contributed by atoms with van der Waals surface area (Å²) in [6, 6.07) is 15.9. The number of ether oxygens (including phenoxy) is 1. The number of nitrogens with zero attached hydrogens (tertiary/aromatic N) is 4. The smallest absolute Gasteiger partial charge is 0.346 e. The van der Waals surface area contributed by atoms with Gasteiger partial charge in [0.15, 0.2) is 0 Å². The number of para-hydroxylation sites is 1. The van der Waals surface area contributed by atoms with Crippen molar-refractivity contribution in [3.8, 4) is 28.1 Å². The maximum Gasteiger partial charge on any atom is 0.346 e. The van der Waals surface area contributed by atoms with Crippen LogP contribution in [0.25, 0.3) is 22.4 Å². The first kappa shape index (κ1) is 23.2. The first-order valence-electron chi connectivity index (χ1n) is 11.6. The van der Waals surface area contributed by atoms with Crippen molar-refractivity contribution in [3.63, 3.8) is 0 Å². The quantitative estimate of drug-likeness (QED) is 0.403. The van der Waals surface area contributed by atoms with Crippen LogP contribution in [0, 0.1) is 0 Å². The van der Waals surface area contributed by atoms with E-state index in [4.69, 9.17) is 4.74 Å². The van der Waals surface area contributed by atoms with Gasteiger partial charge >= 0.3 is 6.03 Å². The summed E-state index contributed by atoms with van der Waals surface area (Å²) < 4.78 is 6.83. The van der Waals surface area contributed by atoms with Crippen LogP contribution >= 0.6 is 0 Å². The molecule has 6 heteroatoms. The first-order valence-corrected chi connectivity index (χ1v) is 11.6. The van der Waals surface area contributed by atoms with E-state index in [9.17, 15) is 4.79 Å².